The first-order valence-electron chi connectivity index (χ1n) is 7.82. The Kier molecular flexibility index (Phi) is 5.08. The SMILES string of the molecule is C[C@@H]1Cn2nc(-c3ccc(Cl)cc3F)c(-c3ccncc3)c2CN1.Cl. The molecule has 1 N–H and O–H groups in total. The highest BCUT2D eigenvalue weighted by molar-refractivity contribution is 6.30. The minimum Gasteiger partial charge on any atom is -0.307 e. The lowest BCUT2D eigenvalue weighted by Gasteiger charge is -2.22. The average molecular weight is 379 g/mol. The van der Waals surface area contributed by atoms with Crippen LogP contribution in [0.2, 0.25) is 5.02 Å². The smallest absolute Gasteiger partial charge is 0.134 e. The van der Waals surface area contributed by atoms with Crippen LogP contribution in [-0.2, 0) is 13.1 Å². The third kappa shape index (κ3) is 3.27. The Morgan fingerprint density at radius 3 is 2.72 bits per heavy atom. The summed E-state index contributed by atoms with van der Waals surface area (Å²) in [6.45, 7) is 3.56. The zero-order valence-electron chi connectivity index (χ0n) is 13.5. The number of nitrogens with one attached hydrogen (secondary N) is 1. The number of fused-ring (bicyclic) bond motifs is 1. The summed E-state index contributed by atoms with van der Waals surface area (Å²) >= 11 is 5.90. The highest BCUT2D eigenvalue weighted by Gasteiger charge is 2.25. The zero-order valence-corrected chi connectivity index (χ0v) is 15.1. The van der Waals surface area contributed by atoms with Gasteiger partial charge >= 0.3 is 0 Å². The number of halogens is 3. The van der Waals surface area contributed by atoms with Crippen molar-refractivity contribution < 1.29 is 4.39 Å². The van der Waals surface area contributed by atoms with E-state index in [9.17, 15) is 4.39 Å². The van der Waals surface area contributed by atoms with Crippen molar-refractivity contribution in [3.63, 3.8) is 0 Å². The molecule has 7 heteroatoms. The van der Waals surface area contributed by atoms with Gasteiger partial charge in [0.2, 0.25) is 0 Å². The summed E-state index contributed by atoms with van der Waals surface area (Å²) in [5.74, 6) is -0.366. The molecule has 1 atom stereocenters. The number of hydrogen-bond donors (Lipinski definition) is 1. The Bertz CT molecular complexity index is 896. The van der Waals surface area contributed by atoms with Crippen molar-refractivity contribution in [3.8, 4) is 22.4 Å². The van der Waals surface area contributed by atoms with Crippen molar-refractivity contribution in [2.24, 2.45) is 0 Å². The van der Waals surface area contributed by atoms with Crippen LogP contribution in [0.3, 0.4) is 0 Å². The van der Waals surface area contributed by atoms with E-state index >= 15 is 0 Å². The molecular formula is C18H17Cl2FN4. The van der Waals surface area contributed by atoms with Gasteiger partial charge in [-0.25, -0.2) is 4.39 Å². The van der Waals surface area contributed by atoms with Gasteiger partial charge in [0.1, 0.15) is 11.5 Å². The highest BCUT2D eigenvalue weighted by atomic mass is 35.5. The van der Waals surface area contributed by atoms with E-state index in [-0.39, 0.29) is 18.2 Å². The molecule has 0 unspecified atom stereocenters. The van der Waals surface area contributed by atoms with Crippen LogP contribution >= 0.6 is 24.0 Å². The molecule has 0 bridgehead atoms. The van der Waals surface area contributed by atoms with E-state index in [4.69, 9.17) is 16.7 Å². The fourth-order valence-electron chi connectivity index (χ4n) is 3.11. The Morgan fingerprint density at radius 2 is 2.00 bits per heavy atom. The second kappa shape index (κ2) is 7.12. The van der Waals surface area contributed by atoms with Crippen molar-refractivity contribution in [1.29, 1.82) is 0 Å². The first kappa shape index (κ1) is 17.9. The normalized spacial score (nSPS) is 16.2. The molecule has 130 valence electrons. The fraction of sp³-hybridized carbons (Fsp3) is 0.222. The molecule has 0 saturated carbocycles. The van der Waals surface area contributed by atoms with Gasteiger partial charge in [0.15, 0.2) is 0 Å². The van der Waals surface area contributed by atoms with Crippen LogP contribution in [0.15, 0.2) is 42.7 Å². The monoisotopic (exact) mass is 378 g/mol. The maximum atomic E-state index is 14.5. The molecule has 0 amide bonds. The summed E-state index contributed by atoms with van der Waals surface area (Å²) in [7, 11) is 0. The van der Waals surface area contributed by atoms with E-state index in [1.165, 1.54) is 6.07 Å². The molecule has 3 heterocycles. The molecule has 0 spiro atoms. The predicted molar refractivity (Wildman–Crippen MR) is 99.4 cm³/mol. The summed E-state index contributed by atoms with van der Waals surface area (Å²) in [6, 6.07) is 8.88. The van der Waals surface area contributed by atoms with Crippen LogP contribution in [-0.4, -0.2) is 20.8 Å². The molecule has 25 heavy (non-hydrogen) atoms. The molecule has 3 aromatic rings. The number of aromatic nitrogens is 3. The van der Waals surface area contributed by atoms with Gasteiger partial charge in [0.05, 0.1) is 12.2 Å². The molecule has 0 saturated heterocycles. The summed E-state index contributed by atoms with van der Waals surface area (Å²) < 4.78 is 16.5. The lowest BCUT2D eigenvalue weighted by molar-refractivity contribution is 0.390. The van der Waals surface area contributed by atoms with Gasteiger partial charge < -0.3 is 5.32 Å². The van der Waals surface area contributed by atoms with Crippen LogP contribution in [0.1, 0.15) is 12.6 Å². The van der Waals surface area contributed by atoms with E-state index < -0.39 is 0 Å². The molecule has 0 aliphatic carbocycles. The molecule has 1 aromatic carbocycles. The summed E-state index contributed by atoms with van der Waals surface area (Å²) in [4.78, 5) is 4.08. The van der Waals surface area contributed by atoms with E-state index in [0.717, 1.165) is 23.4 Å². The quantitative estimate of drug-likeness (QED) is 0.721. The molecule has 4 rings (SSSR count). The third-order valence-corrected chi connectivity index (χ3v) is 4.51. The van der Waals surface area contributed by atoms with E-state index in [0.29, 0.717) is 28.9 Å². The Hall–Kier alpha value is -1.95. The van der Waals surface area contributed by atoms with Crippen molar-refractivity contribution in [3.05, 3.63) is 59.3 Å². The van der Waals surface area contributed by atoms with Crippen LogP contribution in [0, 0.1) is 5.82 Å². The van der Waals surface area contributed by atoms with Gasteiger partial charge in [0, 0.05) is 41.1 Å². The Labute approximate surface area is 156 Å². The molecule has 4 nitrogen and oxygen atoms in total. The number of nitrogens with zero attached hydrogens (tertiary/aromatic N) is 3. The second-order valence-electron chi connectivity index (χ2n) is 5.99. The van der Waals surface area contributed by atoms with Crippen molar-refractivity contribution in [1.82, 2.24) is 20.1 Å². The lowest BCUT2D eigenvalue weighted by Crippen LogP contribution is -2.36. The third-order valence-electron chi connectivity index (χ3n) is 4.28. The Morgan fingerprint density at radius 1 is 1.24 bits per heavy atom. The minimum absolute atomic E-state index is 0. The van der Waals surface area contributed by atoms with Crippen LogP contribution < -0.4 is 5.32 Å². The highest BCUT2D eigenvalue weighted by Crippen LogP contribution is 2.37. The van der Waals surface area contributed by atoms with E-state index in [1.807, 2.05) is 16.8 Å². The van der Waals surface area contributed by atoms with E-state index in [1.54, 1.807) is 24.5 Å². The summed E-state index contributed by atoms with van der Waals surface area (Å²) in [5.41, 5.74) is 4.08. The summed E-state index contributed by atoms with van der Waals surface area (Å²) in [5, 5.41) is 8.53. The minimum atomic E-state index is -0.366. The lowest BCUT2D eigenvalue weighted by atomic mass is 9.98. The first-order chi connectivity index (χ1) is 11.6. The summed E-state index contributed by atoms with van der Waals surface area (Å²) in [6.07, 6.45) is 3.47. The molecule has 1 aliphatic heterocycles. The number of pyridine rings is 1. The van der Waals surface area contributed by atoms with Gasteiger partial charge in [-0.1, -0.05) is 11.6 Å². The maximum Gasteiger partial charge on any atom is 0.134 e. The number of rotatable bonds is 2. The van der Waals surface area contributed by atoms with Crippen molar-refractivity contribution >= 4 is 24.0 Å². The molecular weight excluding hydrogens is 362 g/mol. The molecule has 1 aliphatic rings. The van der Waals surface area contributed by atoms with Gasteiger partial charge in [-0.2, -0.15) is 5.10 Å². The van der Waals surface area contributed by atoms with Crippen LogP contribution in [0.5, 0.6) is 0 Å². The fourth-order valence-corrected chi connectivity index (χ4v) is 3.27. The Balaban J connectivity index is 0.00000182. The molecule has 0 fully saturated rings. The van der Waals surface area contributed by atoms with Crippen LogP contribution in [0.25, 0.3) is 22.4 Å². The van der Waals surface area contributed by atoms with Crippen molar-refractivity contribution in [2.45, 2.75) is 26.1 Å². The molecule has 2 aromatic heterocycles. The zero-order chi connectivity index (χ0) is 16.7. The van der Waals surface area contributed by atoms with Crippen molar-refractivity contribution in [2.75, 3.05) is 0 Å². The van der Waals surface area contributed by atoms with Gasteiger partial charge in [-0.05, 0) is 42.8 Å². The second-order valence-corrected chi connectivity index (χ2v) is 6.43. The topological polar surface area (TPSA) is 42.7 Å². The van der Waals surface area contributed by atoms with Crippen LogP contribution in [0.4, 0.5) is 4.39 Å². The average Bonchev–Trinajstić information content (AvgIpc) is 2.93. The first-order valence-corrected chi connectivity index (χ1v) is 8.20. The van der Waals surface area contributed by atoms with Gasteiger partial charge in [0.25, 0.3) is 0 Å². The van der Waals surface area contributed by atoms with Gasteiger partial charge in [-0.3, -0.25) is 9.67 Å². The van der Waals surface area contributed by atoms with Gasteiger partial charge in [-0.15, -0.1) is 12.4 Å². The van der Waals surface area contributed by atoms with E-state index in [2.05, 4.69) is 17.2 Å². The maximum absolute atomic E-state index is 14.5. The predicted octanol–water partition coefficient (Wildman–Crippen LogP) is 4.32. The standard InChI is InChI=1S/C18H16ClFN4.ClH/c1-11-10-24-16(9-22-11)17(12-4-6-21-7-5-12)18(23-24)14-3-2-13(19)8-15(14)20;/h2-8,11,22H,9-10H2,1H3;1H/t11-;/m1./s1. The number of benzene rings is 1. The number of hydrogen-bond acceptors (Lipinski definition) is 3. The largest absolute Gasteiger partial charge is 0.307 e. The molecule has 0 radical (unpaired) electrons.